The van der Waals surface area contributed by atoms with Gasteiger partial charge in [0.05, 0.1) is 29.4 Å². The third-order valence-corrected chi connectivity index (χ3v) is 4.31. The molecule has 0 aromatic carbocycles. The zero-order chi connectivity index (χ0) is 12.9. The first-order valence-electron chi connectivity index (χ1n) is 5.61. The molecule has 0 spiro atoms. The smallest absolute Gasteiger partial charge is 0.150 e. The summed E-state index contributed by atoms with van der Waals surface area (Å²) in [6.45, 7) is 3.44. The Morgan fingerprint density at radius 2 is 2.06 bits per heavy atom. The topological polar surface area (TPSA) is 80.2 Å². The van der Waals surface area contributed by atoms with E-state index in [1.807, 2.05) is 6.92 Å². The van der Waals surface area contributed by atoms with E-state index in [0.717, 1.165) is 5.69 Å². The molecule has 1 atom stereocenters. The number of sulfone groups is 1. The first kappa shape index (κ1) is 14.1. The Kier molecular flexibility index (Phi) is 5.02. The predicted octanol–water partition coefficient (Wildman–Crippen LogP) is 1.03. The minimum atomic E-state index is -2.95. The second kappa shape index (κ2) is 6.07. The average Bonchev–Trinajstić information content (AvgIpc) is 2.29. The molecule has 0 amide bonds. The molecule has 0 aliphatic rings. The standard InChI is InChI=1S/C11H18N2O3S/c1-3-17(15,16)6-4-5-11(14)10-8-12-9(2)7-13-10/h7-8,11,14H,3-6H2,1-2H3. The number of aromatic nitrogens is 2. The largest absolute Gasteiger partial charge is 0.387 e. The monoisotopic (exact) mass is 258 g/mol. The summed E-state index contributed by atoms with van der Waals surface area (Å²) in [6.07, 6.45) is 3.19. The Bertz CT molecular complexity index is 442. The van der Waals surface area contributed by atoms with Crippen LogP contribution in [-0.4, -0.2) is 35.0 Å². The van der Waals surface area contributed by atoms with Crippen molar-refractivity contribution in [2.24, 2.45) is 0 Å². The highest BCUT2D eigenvalue weighted by atomic mass is 32.2. The highest BCUT2D eigenvalue weighted by Crippen LogP contribution is 2.15. The first-order valence-corrected chi connectivity index (χ1v) is 7.44. The lowest BCUT2D eigenvalue weighted by Gasteiger charge is -2.09. The molecule has 1 aromatic rings. The van der Waals surface area contributed by atoms with Crippen LogP contribution in [-0.2, 0) is 9.84 Å². The molecule has 6 heteroatoms. The maximum absolute atomic E-state index is 11.3. The molecule has 96 valence electrons. The molecule has 0 radical (unpaired) electrons. The number of aliphatic hydroxyl groups is 1. The van der Waals surface area contributed by atoms with Gasteiger partial charge >= 0.3 is 0 Å². The van der Waals surface area contributed by atoms with Crippen LogP contribution in [0.3, 0.4) is 0 Å². The van der Waals surface area contributed by atoms with Crippen molar-refractivity contribution in [3.8, 4) is 0 Å². The molecule has 1 unspecified atom stereocenters. The molecule has 1 aromatic heterocycles. The third kappa shape index (κ3) is 4.79. The molecule has 1 heterocycles. The number of nitrogens with zero attached hydrogens (tertiary/aromatic N) is 2. The fraction of sp³-hybridized carbons (Fsp3) is 0.636. The van der Waals surface area contributed by atoms with E-state index in [-0.39, 0.29) is 11.5 Å². The third-order valence-electron chi connectivity index (χ3n) is 2.52. The molecule has 0 aliphatic carbocycles. The van der Waals surface area contributed by atoms with Crippen molar-refractivity contribution in [2.75, 3.05) is 11.5 Å². The highest BCUT2D eigenvalue weighted by molar-refractivity contribution is 7.91. The van der Waals surface area contributed by atoms with Crippen LogP contribution in [0.2, 0.25) is 0 Å². The molecule has 1 N–H and O–H groups in total. The van der Waals surface area contributed by atoms with Gasteiger partial charge in [-0.05, 0) is 19.8 Å². The van der Waals surface area contributed by atoms with Gasteiger partial charge in [-0.25, -0.2) is 8.42 Å². The SMILES string of the molecule is CCS(=O)(=O)CCCC(O)c1cnc(C)cn1. The molecule has 5 nitrogen and oxygen atoms in total. The van der Waals surface area contributed by atoms with E-state index in [2.05, 4.69) is 9.97 Å². The van der Waals surface area contributed by atoms with E-state index < -0.39 is 15.9 Å². The van der Waals surface area contributed by atoms with Gasteiger partial charge in [0, 0.05) is 11.9 Å². The molecule has 0 aliphatic heterocycles. The quantitative estimate of drug-likeness (QED) is 0.824. The molecular formula is C11H18N2O3S. The Morgan fingerprint density at radius 3 is 2.59 bits per heavy atom. The van der Waals surface area contributed by atoms with Crippen molar-refractivity contribution in [1.82, 2.24) is 9.97 Å². The van der Waals surface area contributed by atoms with Gasteiger partial charge in [-0.1, -0.05) is 6.92 Å². The van der Waals surface area contributed by atoms with E-state index in [9.17, 15) is 13.5 Å². The van der Waals surface area contributed by atoms with Crippen molar-refractivity contribution >= 4 is 9.84 Å². The van der Waals surface area contributed by atoms with E-state index in [0.29, 0.717) is 18.5 Å². The fourth-order valence-electron chi connectivity index (χ4n) is 1.36. The number of hydrogen-bond donors (Lipinski definition) is 1. The van der Waals surface area contributed by atoms with Crippen LogP contribution in [0.4, 0.5) is 0 Å². The maximum atomic E-state index is 11.3. The van der Waals surface area contributed by atoms with Crippen LogP contribution >= 0.6 is 0 Å². The average molecular weight is 258 g/mol. The van der Waals surface area contributed by atoms with Gasteiger partial charge in [-0.2, -0.15) is 0 Å². The summed E-state index contributed by atoms with van der Waals surface area (Å²) in [5.74, 6) is 0.257. The maximum Gasteiger partial charge on any atom is 0.150 e. The zero-order valence-corrected chi connectivity index (χ0v) is 10.9. The Labute approximate surface area is 102 Å². The van der Waals surface area contributed by atoms with E-state index in [4.69, 9.17) is 0 Å². The molecule has 1 rings (SSSR count). The summed E-state index contributed by atoms with van der Waals surface area (Å²) in [5.41, 5.74) is 1.28. The minimum Gasteiger partial charge on any atom is -0.387 e. The lowest BCUT2D eigenvalue weighted by molar-refractivity contribution is 0.161. The molecule has 0 fully saturated rings. The molecule has 17 heavy (non-hydrogen) atoms. The molecule has 0 bridgehead atoms. The molecular weight excluding hydrogens is 240 g/mol. The second-order valence-corrected chi connectivity index (χ2v) is 6.45. The zero-order valence-electron chi connectivity index (χ0n) is 10.1. The van der Waals surface area contributed by atoms with Crippen LogP contribution < -0.4 is 0 Å². The van der Waals surface area contributed by atoms with Crippen LogP contribution in [0.15, 0.2) is 12.4 Å². The first-order chi connectivity index (χ1) is 7.94. The van der Waals surface area contributed by atoms with Gasteiger partial charge < -0.3 is 5.11 Å². The van der Waals surface area contributed by atoms with Gasteiger partial charge in [0.15, 0.2) is 0 Å². The Balaban J connectivity index is 2.45. The van der Waals surface area contributed by atoms with Crippen LogP contribution in [0, 0.1) is 6.92 Å². The van der Waals surface area contributed by atoms with E-state index in [1.54, 1.807) is 13.1 Å². The van der Waals surface area contributed by atoms with E-state index >= 15 is 0 Å². The predicted molar refractivity (Wildman–Crippen MR) is 65.3 cm³/mol. The van der Waals surface area contributed by atoms with E-state index in [1.165, 1.54) is 6.20 Å². The van der Waals surface area contributed by atoms with Crippen molar-refractivity contribution in [1.29, 1.82) is 0 Å². The number of rotatable bonds is 6. The van der Waals surface area contributed by atoms with Crippen LogP contribution in [0.1, 0.15) is 37.3 Å². The molecule has 0 saturated carbocycles. The summed E-state index contributed by atoms with van der Waals surface area (Å²) < 4.78 is 22.5. The van der Waals surface area contributed by atoms with Gasteiger partial charge in [0.1, 0.15) is 9.84 Å². The number of aryl methyl sites for hydroxylation is 1. The highest BCUT2D eigenvalue weighted by Gasteiger charge is 2.12. The summed E-state index contributed by atoms with van der Waals surface area (Å²) >= 11 is 0. The van der Waals surface area contributed by atoms with Crippen LogP contribution in [0.25, 0.3) is 0 Å². The van der Waals surface area contributed by atoms with Crippen molar-refractivity contribution in [3.63, 3.8) is 0 Å². The Hall–Kier alpha value is -1.01. The summed E-state index contributed by atoms with van der Waals surface area (Å²) in [4.78, 5) is 8.08. The normalized spacial score (nSPS) is 13.6. The lowest BCUT2D eigenvalue weighted by Crippen LogP contribution is -2.10. The lowest BCUT2D eigenvalue weighted by atomic mass is 10.1. The fourth-order valence-corrected chi connectivity index (χ4v) is 2.26. The van der Waals surface area contributed by atoms with Gasteiger partial charge in [-0.3, -0.25) is 9.97 Å². The molecule has 0 saturated heterocycles. The second-order valence-electron chi connectivity index (χ2n) is 3.98. The summed E-state index contributed by atoms with van der Waals surface area (Å²) in [7, 11) is -2.95. The number of hydrogen-bond acceptors (Lipinski definition) is 5. The van der Waals surface area contributed by atoms with Crippen LogP contribution in [0.5, 0.6) is 0 Å². The van der Waals surface area contributed by atoms with Gasteiger partial charge in [0.2, 0.25) is 0 Å². The van der Waals surface area contributed by atoms with Gasteiger partial charge in [0.25, 0.3) is 0 Å². The van der Waals surface area contributed by atoms with Gasteiger partial charge in [-0.15, -0.1) is 0 Å². The summed E-state index contributed by atoms with van der Waals surface area (Å²) in [6, 6.07) is 0. The Morgan fingerprint density at radius 1 is 1.35 bits per heavy atom. The summed E-state index contributed by atoms with van der Waals surface area (Å²) in [5, 5.41) is 9.78. The number of aliphatic hydroxyl groups excluding tert-OH is 1. The van der Waals surface area contributed by atoms with Crippen molar-refractivity contribution in [3.05, 3.63) is 23.8 Å². The van der Waals surface area contributed by atoms with Crippen molar-refractivity contribution in [2.45, 2.75) is 32.8 Å². The minimum absolute atomic E-state index is 0.111. The van der Waals surface area contributed by atoms with Crippen molar-refractivity contribution < 1.29 is 13.5 Å².